The van der Waals surface area contributed by atoms with Gasteiger partial charge in [-0.1, -0.05) is 32.0 Å². The molecule has 2 aromatic rings. The van der Waals surface area contributed by atoms with Crippen molar-refractivity contribution in [3.05, 3.63) is 36.0 Å². The lowest BCUT2D eigenvalue weighted by Crippen LogP contribution is -2.57. The molecule has 1 fully saturated rings. The topological polar surface area (TPSA) is 195 Å². The van der Waals surface area contributed by atoms with Crippen LogP contribution in [0.2, 0.25) is 0 Å². The molecule has 2 heterocycles. The second-order valence-corrected chi connectivity index (χ2v) is 9.92. The number of fused-ring (bicyclic) bond motifs is 1. The zero-order valence-corrected chi connectivity index (χ0v) is 21.5. The fourth-order valence-electron chi connectivity index (χ4n) is 4.70. The van der Waals surface area contributed by atoms with Crippen molar-refractivity contribution in [2.45, 2.75) is 70.1 Å². The number of nitrogens with zero attached hydrogens (tertiary/aromatic N) is 1. The number of benzene rings is 1. The van der Waals surface area contributed by atoms with Gasteiger partial charge in [0, 0.05) is 30.1 Å². The quantitative estimate of drug-likeness (QED) is 0.230. The first kappa shape index (κ1) is 28.6. The van der Waals surface area contributed by atoms with E-state index in [1.165, 1.54) is 4.90 Å². The minimum atomic E-state index is -1.21. The number of para-hydroxylation sites is 1. The minimum Gasteiger partial charge on any atom is -0.481 e. The van der Waals surface area contributed by atoms with E-state index in [9.17, 15) is 34.2 Å². The Morgan fingerprint density at radius 2 is 1.84 bits per heavy atom. The molecule has 12 nitrogen and oxygen atoms in total. The molecule has 1 aromatic carbocycles. The largest absolute Gasteiger partial charge is 0.481 e. The number of rotatable bonds is 12. The molecule has 7 N–H and O–H groups in total. The number of hydrogen-bond donors (Lipinski definition) is 6. The SMILES string of the molecule is CC(C)C(NC(=O)C1CCCN1C(=O)C(CCC(=O)O)NC(=O)C(N)Cc1c[nH]c2ccccc12)C(=O)O. The van der Waals surface area contributed by atoms with Crippen molar-refractivity contribution in [3.63, 3.8) is 0 Å². The van der Waals surface area contributed by atoms with Crippen LogP contribution in [0.4, 0.5) is 0 Å². The highest BCUT2D eigenvalue weighted by molar-refractivity contribution is 5.95. The van der Waals surface area contributed by atoms with Gasteiger partial charge in [0.05, 0.1) is 6.04 Å². The van der Waals surface area contributed by atoms with Crippen LogP contribution in [0.3, 0.4) is 0 Å². The predicted octanol–water partition coefficient (Wildman–Crippen LogP) is 0.604. The Morgan fingerprint density at radius 3 is 2.50 bits per heavy atom. The number of aliphatic carboxylic acids is 2. The van der Waals surface area contributed by atoms with Gasteiger partial charge in [0.25, 0.3) is 0 Å². The summed E-state index contributed by atoms with van der Waals surface area (Å²) in [6.45, 7) is 3.54. The van der Waals surface area contributed by atoms with Gasteiger partial charge in [-0.2, -0.15) is 0 Å². The van der Waals surface area contributed by atoms with Crippen molar-refractivity contribution < 1.29 is 34.2 Å². The van der Waals surface area contributed by atoms with E-state index >= 15 is 0 Å². The van der Waals surface area contributed by atoms with Gasteiger partial charge in [0.2, 0.25) is 17.7 Å². The van der Waals surface area contributed by atoms with Crippen LogP contribution in [0.5, 0.6) is 0 Å². The van der Waals surface area contributed by atoms with Crippen molar-refractivity contribution in [1.82, 2.24) is 20.5 Å². The van der Waals surface area contributed by atoms with Crippen LogP contribution in [-0.2, 0) is 30.4 Å². The van der Waals surface area contributed by atoms with Crippen LogP contribution in [0, 0.1) is 5.92 Å². The first-order chi connectivity index (χ1) is 18.0. The van der Waals surface area contributed by atoms with Crippen LogP contribution in [0.15, 0.2) is 30.5 Å². The van der Waals surface area contributed by atoms with Gasteiger partial charge >= 0.3 is 11.9 Å². The third-order valence-corrected chi connectivity index (χ3v) is 6.78. The number of carbonyl (C=O) groups excluding carboxylic acids is 3. The monoisotopic (exact) mass is 529 g/mol. The predicted molar refractivity (Wildman–Crippen MR) is 138 cm³/mol. The van der Waals surface area contributed by atoms with Crippen LogP contribution >= 0.6 is 0 Å². The number of H-pyrrole nitrogens is 1. The Balaban J connectivity index is 1.72. The molecule has 3 rings (SSSR count). The highest BCUT2D eigenvalue weighted by Crippen LogP contribution is 2.21. The molecule has 3 amide bonds. The molecular formula is C26H35N5O7. The maximum Gasteiger partial charge on any atom is 0.326 e. The smallest absolute Gasteiger partial charge is 0.326 e. The van der Waals surface area contributed by atoms with Crippen molar-refractivity contribution in [1.29, 1.82) is 0 Å². The van der Waals surface area contributed by atoms with Crippen molar-refractivity contribution in [3.8, 4) is 0 Å². The average Bonchev–Trinajstić information content (AvgIpc) is 3.51. The van der Waals surface area contributed by atoms with E-state index < -0.39 is 53.8 Å². The number of carboxylic acid groups (broad SMARTS) is 2. The normalized spacial score (nSPS) is 17.7. The Kier molecular flexibility index (Phi) is 9.45. The fraction of sp³-hybridized carbons (Fsp3) is 0.500. The fourth-order valence-corrected chi connectivity index (χ4v) is 4.70. The molecular weight excluding hydrogens is 494 g/mol. The molecule has 4 unspecified atom stereocenters. The van der Waals surface area contributed by atoms with Crippen LogP contribution in [0.1, 0.15) is 45.1 Å². The lowest BCUT2D eigenvalue weighted by Gasteiger charge is -2.30. The summed E-state index contributed by atoms with van der Waals surface area (Å²) < 4.78 is 0. The van der Waals surface area contributed by atoms with E-state index in [0.717, 1.165) is 16.5 Å². The number of amides is 3. The molecule has 12 heteroatoms. The van der Waals surface area contributed by atoms with Gasteiger partial charge in [0.15, 0.2) is 0 Å². The Hall–Kier alpha value is -3.93. The summed E-state index contributed by atoms with van der Waals surface area (Å²) in [6, 6.07) is 3.29. The number of likely N-dealkylation sites (tertiary alicyclic amines) is 1. The summed E-state index contributed by atoms with van der Waals surface area (Å²) >= 11 is 0. The van der Waals surface area contributed by atoms with Crippen LogP contribution in [-0.4, -0.2) is 80.5 Å². The summed E-state index contributed by atoms with van der Waals surface area (Å²) in [5.41, 5.74) is 7.88. The van der Waals surface area contributed by atoms with Crippen molar-refractivity contribution in [2.24, 2.45) is 11.7 Å². The number of nitrogens with two attached hydrogens (primary N) is 1. The maximum absolute atomic E-state index is 13.5. The Labute approximate surface area is 219 Å². The maximum atomic E-state index is 13.5. The molecule has 1 aromatic heterocycles. The number of carboxylic acids is 2. The van der Waals surface area contributed by atoms with Crippen molar-refractivity contribution >= 4 is 40.6 Å². The molecule has 0 aliphatic carbocycles. The number of carbonyl (C=O) groups is 5. The molecule has 206 valence electrons. The Bertz CT molecular complexity index is 1190. The molecule has 1 aliphatic heterocycles. The third-order valence-electron chi connectivity index (χ3n) is 6.78. The lowest BCUT2D eigenvalue weighted by atomic mass is 10.0. The summed E-state index contributed by atoms with van der Waals surface area (Å²) in [5.74, 6) is -4.52. The zero-order valence-electron chi connectivity index (χ0n) is 21.5. The molecule has 1 saturated heterocycles. The van der Waals surface area contributed by atoms with Crippen LogP contribution < -0.4 is 16.4 Å². The summed E-state index contributed by atoms with van der Waals surface area (Å²) in [4.78, 5) is 66.5. The summed E-state index contributed by atoms with van der Waals surface area (Å²) in [5, 5.41) is 24.6. The highest BCUT2D eigenvalue weighted by atomic mass is 16.4. The standard InChI is InChI=1S/C26H35N5O7/c1-14(2)22(26(37)38)30-24(35)20-8-5-11-31(20)25(36)19(9-10-21(32)33)29-23(34)17(27)12-15-13-28-18-7-4-3-6-16(15)18/h3-4,6-7,13-14,17,19-20,22,28H,5,8-12,27H2,1-2H3,(H,29,34)(H,30,35)(H,32,33)(H,37,38). The minimum absolute atomic E-state index is 0.186. The van der Waals surface area contributed by atoms with Gasteiger partial charge in [-0.25, -0.2) is 4.79 Å². The molecule has 0 radical (unpaired) electrons. The Morgan fingerprint density at radius 1 is 1.13 bits per heavy atom. The first-order valence-electron chi connectivity index (χ1n) is 12.7. The van der Waals surface area contributed by atoms with E-state index in [0.29, 0.717) is 12.8 Å². The van der Waals surface area contributed by atoms with E-state index in [-0.39, 0.29) is 31.7 Å². The lowest BCUT2D eigenvalue weighted by molar-refractivity contribution is -0.146. The number of aromatic amines is 1. The van der Waals surface area contributed by atoms with E-state index in [2.05, 4.69) is 15.6 Å². The summed E-state index contributed by atoms with van der Waals surface area (Å²) in [7, 11) is 0. The summed E-state index contributed by atoms with van der Waals surface area (Å²) in [6.07, 6.45) is 2.21. The molecule has 38 heavy (non-hydrogen) atoms. The van der Waals surface area contributed by atoms with E-state index in [1.54, 1.807) is 20.0 Å². The van der Waals surface area contributed by atoms with E-state index in [1.807, 2.05) is 24.3 Å². The second-order valence-electron chi connectivity index (χ2n) is 9.92. The number of nitrogens with one attached hydrogen (secondary N) is 3. The van der Waals surface area contributed by atoms with Gasteiger partial charge in [-0.05, 0) is 43.2 Å². The second kappa shape index (κ2) is 12.5. The molecule has 0 spiro atoms. The molecule has 1 aliphatic rings. The van der Waals surface area contributed by atoms with Crippen LogP contribution in [0.25, 0.3) is 10.9 Å². The zero-order chi connectivity index (χ0) is 28.0. The average molecular weight is 530 g/mol. The van der Waals surface area contributed by atoms with Gasteiger partial charge < -0.3 is 36.5 Å². The first-order valence-corrected chi connectivity index (χ1v) is 12.7. The van der Waals surface area contributed by atoms with Gasteiger partial charge in [0.1, 0.15) is 18.1 Å². The van der Waals surface area contributed by atoms with Gasteiger partial charge in [-0.15, -0.1) is 0 Å². The molecule has 4 atom stereocenters. The third kappa shape index (κ3) is 6.88. The molecule has 0 bridgehead atoms. The highest BCUT2D eigenvalue weighted by Gasteiger charge is 2.39. The number of aromatic nitrogens is 1. The number of hydrogen-bond acceptors (Lipinski definition) is 6. The molecule has 0 saturated carbocycles. The van der Waals surface area contributed by atoms with Crippen molar-refractivity contribution in [2.75, 3.05) is 6.54 Å². The van der Waals surface area contributed by atoms with E-state index in [4.69, 9.17) is 5.73 Å². The van der Waals surface area contributed by atoms with Gasteiger partial charge in [-0.3, -0.25) is 19.2 Å².